The van der Waals surface area contributed by atoms with Crippen LogP contribution in [0.4, 0.5) is 0 Å². The lowest BCUT2D eigenvalue weighted by molar-refractivity contribution is 0.0789. The minimum Gasteiger partial charge on any atom is -0.493 e. The number of benzene rings is 1. The Morgan fingerprint density at radius 1 is 1.33 bits per heavy atom. The second-order valence-electron chi connectivity index (χ2n) is 5.16. The highest BCUT2D eigenvalue weighted by Crippen LogP contribution is 2.33. The van der Waals surface area contributed by atoms with Crippen LogP contribution >= 0.6 is 11.6 Å². The average molecular weight is 268 g/mol. The molecule has 3 rings (SSSR count). The number of halogens is 1. The zero-order valence-corrected chi connectivity index (χ0v) is 11.1. The molecule has 2 heterocycles. The number of aliphatic hydroxyl groups is 1. The molecule has 0 amide bonds. The van der Waals surface area contributed by atoms with Crippen molar-refractivity contribution in [3.8, 4) is 5.75 Å². The number of likely N-dealkylation sites (tertiary alicyclic amines) is 1. The fourth-order valence-corrected chi connectivity index (χ4v) is 3.05. The van der Waals surface area contributed by atoms with E-state index in [9.17, 15) is 5.11 Å². The number of ether oxygens (including phenoxy) is 1. The monoisotopic (exact) mass is 267 g/mol. The molecular weight excluding hydrogens is 250 g/mol. The molecule has 1 N–H and O–H groups in total. The normalized spacial score (nSPS) is 20.8. The quantitative estimate of drug-likeness (QED) is 0.892. The maximum Gasteiger partial charge on any atom is 0.127 e. The molecule has 4 heteroatoms. The number of piperidine rings is 1. The van der Waals surface area contributed by atoms with Crippen molar-refractivity contribution in [2.24, 2.45) is 0 Å². The van der Waals surface area contributed by atoms with E-state index >= 15 is 0 Å². The van der Waals surface area contributed by atoms with Gasteiger partial charge < -0.3 is 9.84 Å². The summed E-state index contributed by atoms with van der Waals surface area (Å²) in [6.45, 7) is 3.53. The summed E-state index contributed by atoms with van der Waals surface area (Å²) in [5.74, 6) is 1.03. The molecule has 0 saturated carbocycles. The van der Waals surface area contributed by atoms with Crippen molar-refractivity contribution in [3.63, 3.8) is 0 Å². The molecule has 1 fully saturated rings. The average Bonchev–Trinajstić information content (AvgIpc) is 2.80. The topological polar surface area (TPSA) is 32.7 Å². The molecular formula is C14H18ClNO2. The highest BCUT2D eigenvalue weighted by Gasteiger charge is 2.22. The molecule has 98 valence electrons. The summed E-state index contributed by atoms with van der Waals surface area (Å²) >= 11 is 6.16. The number of fused-ring (bicyclic) bond motifs is 1. The van der Waals surface area contributed by atoms with Gasteiger partial charge in [-0.1, -0.05) is 11.6 Å². The Balaban J connectivity index is 1.76. The summed E-state index contributed by atoms with van der Waals surface area (Å²) in [7, 11) is 0. The minimum atomic E-state index is -0.123. The minimum absolute atomic E-state index is 0.123. The van der Waals surface area contributed by atoms with E-state index in [0.717, 1.165) is 56.3 Å². The molecule has 0 radical (unpaired) electrons. The predicted octanol–water partition coefficient (Wildman–Crippen LogP) is 2.23. The second-order valence-corrected chi connectivity index (χ2v) is 5.60. The largest absolute Gasteiger partial charge is 0.493 e. The highest BCUT2D eigenvalue weighted by atomic mass is 35.5. The van der Waals surface area contributed by atoms with Crippen molar-refractivity contribution < 1.29 is 9.84 Å². The molecule has 0 spiro atoms. The van der Waals surface area contributed by atoms with Crippen LogP contribution in [0.5, 0.6) is 5.75 Å². The summed E-state index contributed by atoms with van der Waals surface area (Å²) in [5.41, 5.74) is 2.42. The summed E-state index contributed by atoms with van der Waals surface area (Å²) in [6.07, 6.45) is 2.57. The van der Waals surface area contributed by atoms with Gasteiger partial charge in [-0.25, -0.2) is 0 Å². The van der Waals surface area contributed by atoms with Gasteiger partial charge in [-0.05, 0) is 30.5 Å². The van der Waals surface area contributed by atoms with Crippen molar-refractivity contribution in [3.05, 3.63) is 28.3 Å². The Hall–Kier alpha value is -0.770. The van der Waals surface area contributed by atoms with Crippen LogP contribution in [-0.2, 0) is 13.0 Å². The van der Waals surface area contributed by atoms with Gasteiger partial charge in [0.15, 0.2) is 0 Å². The summed E-state index contributed by atoms with van der Waals surface area (Å²) in [4.78, 5) is 2.36. The van der Waals surface area contributed by atoms with Crippen LogP contribution in [0.1, 0.15) is 24.0 Å². The highest BCUT2D eigenvalue weighted by molar-refractivity contribution is 6.30. The number of nitrogens with zero attached hydrogens (tertiary/aromatic N) is 1. The van der Waals surface area contributed by atoms with Gasteiger partial charge >= 0.3 is 0 Å². The molecule has 0 atom stereocenters. The van der Waals surface area contributed by atoms with Crippen molar-refractivity contribution in [1.29, 1.82) is 0 Å². The third kappa shape index (κ3) is 2.48. The van der Waals surface area contributed by atoms with Crippen molar-refractivity contribution in [2.45, 2.75) is 31.9 Å². The van der Waals surface area contributed by atoms with Crippen LogP contribution < -0.4 is 4.74 Å². The maximum atomic E-state index is 9.52. The summed E-state index contributed by atoms with van der Waals surface area (Å²) < 4.78 is 5.71. The van der Waals surface area contributed by atoms with Crippen molar-refractivity contribution in [1.82, 2.24) is 4.90 Å². The van der Waals surface area contributed by atoms with Crippen LogP contribution in [0.2, 0.25) is 5.02 Å². The van der Waals surface area contributed by atoms with Crippen LogP contribution in [0, 0.1) is 0 Å². The molecule has 0 bridgehead atoms. The van der Waals surface area contributed by atoms with Crippen LogP contribution in [0.3, 0.4) is 0 Å². The molecule has 2 aliphatic rings. The first-order chi connectivity index (χ1) is 8.72. The fraction of sp³-hybridized carbons (Fsp3) is 0.571. The molecule has 1 aromatic carbocycles. The number of hydrogen-bond donors (Lipinski definition) is 1. The van der Waals surface area contributed by atoms with Gasteiger partial charge in [-0.3, -0.25) is 4.90 Å². The van der Waals surface area contributed by atoms with Crippen molar-refractivity contribution >= 4 is 11.6 Å². The zero-order valence-electron chi connectivity index (χ0n) is 10.4. The Kier molecular flexibility index (Phi) is 3.46. The van der Waals surface area contributed by atoms with Gasteiger partial charge in [0.2, 0.25) is 0 Å². The fourth-order valence-electron chi connectivity index (χ4n) is 2.78. The number of aliphatic hydroxyl groups excluding tert-OH is 1. The maximum absolute atomic E-state index is 9.52. The second kappa shape index (κ2) is 5.08. The molecule has 0 aromatic heterocycles. The van der Waals surface area contributed by atoms with Gasteiger partial charge in [0.1, 0.15) is 5.75 Å². The van der Waals surface area contributed by atoms with Gasteiger partial charge in [0.25, 0.3) is 0 Å². The Morgan fingerprint density at radius 2 is 2.11 bits per heavy atom. The lowest BCUT2D eigenvalue weighted by Crippen LogP contribution is -2.35. The van der Waals surface area contributed by atoms with E-state index < -0.39 is 0 Å². The first-order valence-corrected chi connectivity index (χ1v) is 6.94. The third-order valence-electron chi connectivity index (χ3n) is 3.78. The summed E-state index contributed by atoms with van der Waals surface area (Å²) in [5, 5.41) is 10.3. The van der Waals surface area contributed by atoms with Crippen molar-refractivity contribution in [2.75, 3.05) is 19.7 Å². The van der Waals surface area contributed by atoms with Crippen LogP contribution in [-0.4, -0.2) is 35.8 Å². The lowest BCUT2D eigenvalue weighted by atomic mass is 10.0. The molecule has 2 aliphatic heterocycles. The van der Waals surface area contributed by atoms with E-state index in [1.54, 1.807) is 0 Å². The predicted molar refractivity (Wildman–Crippen MR) is 71.2 cm³/mol. The zero-order chi connectivity index (χ0) is 12.5. The van der Waals surface area contributed by atoms with Gasteiger partial charge in [-0.2, -0.15) is 0 Å². The van der Waals surface area contributed by atoms with E-state index in [1.807, 2.05) is 12.1 Å². The van der Waals surface area contributed by atoms with Crippen LogP contribution in [0.15, 0.2) is 12.1 Å². The molecule has 1 aromatic rings. The first-order valence-electron chi connectivity index (χ1n) is 6.57. The Bertz CT molecular complexity index is 442. The standard InChI is InChI=1S/C14H18ClNO2/c15-12-7-10-3-6-18-14(10)11(8-12)9-16-4-1-13(17)2-5-16/h7-8,13,17H,1-6,9H2. The summed E-state index contributed by atoms with van der Waals surface area (Å²) in [6, 6.07) is 4.02. The van der Waals surface area contributed by atoms with Crippen LogP contribution in [0.25, 0.3) is 0 Å². The Labute approximate surface area is 112 Å². The van der Waals surface area contributed by atoms with Gasteiger partial charge in [0, 0.05) is 36.6 Å². The number of hydrogen-bond acceptors (Lipinski definition) is 3. The van der Waals surface area contributed by atoms with Gasteiger partial charge in [-0.15, -0.1) is 0 Å². The lowest BCUT2D eigenvalue weighted by Gasteiger charge is -2.29. The third-order valence-corrected chi connectivity index (χ3v) is 3.99. The van der Waals surface area contributed by atoms with E-state index in [0.29, 0.717) is 0 Å². The Morgan fingerprint density at radius 3 is 2.89 bits per heavy atom. The van der Waals surface area contributed by atoms with E-state index in [2.05, 4.69) is 4.90 Å². The smallest absolute Gasteiger partial charge is 0.127 e. The van der Waals surface area contributed by atoms with E-state index in [1.165, 1.54) is 11.1 Å². The number of rotatable bonds is 2. The molecule has 3 nitrogen and oxygen atoms in total. The molecule has 0 aliphatic carbocycles. The van der Waals surface area contributed by atoms with Gasteiger partial charge in [0.05, 0.1) is 12.7 Å². The van der Waals surface area contributed by atoms with E-state index in [-0.39, 0.29) is 6.10 Å². The molecule has 1 saturated heterocycles. The van der Waals surface area contributed by atoms with E-state index in [4.69, 9.17) is 16.3 Å². The molecule has 0 unspecified atom stereocenters. The molecule has 18 heavy (non-hydrogen) atoms. The first kappa shape index (κ1) is 12.3. The SMILES string of the molecule is OC1CCN(Cc2cc(Cl)cc3c2OCC3)CC1.